The molecule has 9 heteroatoms. The first-order valence-electron chi connectivity index (χ1n) is 24.9. The Labute approximate surface area is 432 Å². The van der Waals surface area contributed by atoms with Crippen LogP contribution < -0.4 is 4.90 Å². The molecule has 352 valence electrons. The highest BCUT2D eigenvalue weighted by molar-refractivity contribution is 6.19. The lowest BCUT2D eigenvalue weighted by atomic mass is 10.0. The lowest BCUT2D eigenvalue weighted by molar-refractivity contribution is 0.954. The number of benzene rings is 8. The van der Waals surface area contributed by atoms with Gasteiger partial charge >= 0.3 is 0 Å². The van der Waals surface area contributed by atoms with Crippen molar-refractivity contribution in [1.29, 1.82) is 0 Å². The number of hydrogen-bond acceptors (Lipinski definition) is 7. The molecule has 0 saturated heterocycles. The zero-order chi connectivity index (χ0) is 49.7. The second-order valence-corrected chi connectivity index (χ2v) is 18.4. The SMILES string of the molecule is c1ccc(-c2nc(-c3ccccc3)nc(-n3c4ccc(-c5ccc(N(c6cccc(-c7ccccn7)c6)c6cccc(-c7ccccn7)c6)cn5)cc4c4cc5c(cc43)c3ccccc3n5-c3ccccc3)n2)cc1. The minimum Gasteiger partial charge on any atom is -0.309 e. The standard InChI is InChI=1S/C66H43N9/c1-4-18-44(19-5-1)64-70-65(45-20-6-2-7-21-45)72-66(71-64)75-61-35-32-48(40-54(61)56-42-62-55(41-63(56)75)53-28-10-11-31-60(53)74(62)49-24-8-3-9-25-49)59-34-33-52(43-69-59)73(50-26-16-22-46(38-50)57-29-12-14-36-67-57)51-27-17-23-47(39-51)58-30-13-15-37-68-58/h1-43H. The minimum absolute atomic E-state index is 0.531. The van der Waals surface area contributed by atoms with Crippen LogP contribution in [-0.4, -0.2) is 39.0 Å². The van der Waals surface area contributed by atoms with E-state index in [9.17, 15) is 0 Å². The molecule has 0 aliphatic rings. The number of nitrogens with zero attached hydrogens (tertiary/aromatic N) is 9. The third-order valence-electron chi connectivity index (χ3n) is 13.9. The smallest absolute Gasteiger partial charge is 0.238 e. The van der Waals surface area contributed by atoms with E-state index in [-0.39, 0.29) is 0 Å². The molecule has 6 aromatic heterocycles. The summed E-state index contributed by atoms with van der Waals surface area (Å²) in [6.45, 7) is 0. The Morgan fingerprint density at radius 2 is 0.800 bits per heavy atom. The first-order valence-corrected chi connectivity index (χ1v) is 24.9. The molecule has 75 heavy (non-hydrogen) atoms. The number of aromatic nitrogens is 8. The summed E-state index contributed by atoms with van der Waals surface area (Å²) in [5.74, 6) is 1.72. The average molecular weight is 962 g/mol. The summed E-state index contributed by atoms with van der Waals surface area (Å²) >= 11 is 0. The first-order chi connectivity index (χ1) is 37.2. The third kappa shape index (κ3) is 7.83. The maximum Gasteiger partial charge on any atom is 0.238 e. The van der Waals surface area contributed by atoms with E-state index in [0.717, 1.165) is 111 Å². The highest BCUT2D eigenvalue weighted by atomic mass is 15.2. The molecule has 0 bridgehead atoms. The topological polar surface area (TPSA) is 90.4 Å². The Morgan fingerprint density at radius 3 is 1.40 bits per heavy atom. The quantitative estimate of drug-likeness (QED) is 0.135. The third-order valence-corrected chi connectivity index (χ3v) is 13.9. The molecule has 0 atom stereocenters. The Hall–Kier alpha value is -10.4. The van der Waals surface area contributed by atoms with Gasteiger partial charge in [-0.1, -0.05) is 140 Å². The number of rotatable bonds is 10. The zero-order valence-electron chi connectivity index (χ0n) is 40.4. The summed E-state index contributed by atoms with van der Waals surface area (Å²) < 4.78 is 4.57. The van der Waals surface area contributed by atoms with Gasteiger partial charge < -0.3 is 9.47 Å². The molecule has 14 rings (SSSR count). The Kier molecular flexibility index (Phi) is 10.6. The van der Waals surface area contributed by atoms with E-state index >= 15 is 0 Å². The van der Waals surface area contributed by atoms with Crippen molar-refractivity contribution in [2.75, 3.05) is 4.90 Å². The monoisotopic (exact) mass is 961 g/mol. The van der Waals surface area contributed by atoms with Crippen molar-refractivity contribution in [2.24, 2.45) is 0 Å². The van der Waals surface area contributed by atoms with Crippen molar-refractivity contribution < 1.29 is 0 Å². The predicted molar refractivity (Wildman–Crippen MR) is 304 cm³/mol. The number of fused-ring (bicyclic) bond motifs is 6. The van der Waals surface area contributed by atoms with E-state index in [1.807, 2.05) is 116 Å². The fourth-order valence-electron chi connectivity index (χ4n) is 10.4. The van der Waals surface area contributed by atoms with Gasteiger partial charge in [0.1, 0.15) is 0 Å². The maximum atomic E-state index is 5.28. The average Bonchev–Trinajstić information content (AvgIpc) is 3.99. The lowest BCUT2D eigenvalue weighted by Gasteiger charge is -2.26. The van der Waals surface area contributed by atoms with E-state index in [4.69, 9.17) is 19.9 Å². The lowest BCUT2D eigenvalue weighted by Crippen LogP contribution is -2.10. The highest BCUT2D eigenvalue weighted by Gasteiger charge is 2.23. The number of anilines is 3. The molecule has 0 radical (unpaired) electrons. The molecule has 6 heterocycles. The Balaban J connectivity index is 0.960. The zero-order valence-corrected chi connectivity index (χ0v) is 40.4. The van der Waals surface area contributed by atoms with Gasteiger partial charge in [0.05, 0.1) is 51.0 Å². The molecule has 9 nitrogen and oxygen atoms in total. The number of hydrogen-bond donors (Lipinski definition) is 0. The molecule has 0 aliphatic carbocycles. The second-order valence-electron chi connectivity index (χ2n) is 18.4. The molecule has 8 aromatic carbocycles. The minimum atomic E-state index is 0.531. The molecular formula is C66H43N9. The second kappa shape index (κ2) is 18.3. The van der Waals surface area contributed by atoms with E-state index in [2.05, 4.69) is 170 Å². The van der Waals surface area contributed by atoms with Gasteiger partial charge in [-0.25, -0.2) is 4.98 Å². The largest absolute Gasteiger partial charge is 0.309 e. The van der Waals surface area contributed by atoms with E-state index in [1.54, 1.807) is 0 Å². The van der Waals surface area contributed by atoms with Crippen molar-refractivity contribution in [1.82, 2.24) is 39.0 Å². The Morgan fingerprint density at radius 1 is 0.293 bits per heavy atom. The van der Waals surface area contributed by atoms with E-state index < -0.39 is 0 Å². The molecule has 0 amide bonds. The predicted octanol–water partition coefficient (Wildman–Crippen LogP) is 16.1. The van der Waals surface area contributed by atoms with Crippen LogP contribution in [0.4, 0.5) is 17.1 Å². The first kappa shape index (κ1) is 43.4. The summed E-state index contributed by atoms with van der Waals surface area (Å²) in [6.07, 6.45) is 5.62. The van der Waals surface area contributed by atoms with Gasteiger partial charge in [0.2, 0.25) is 5.95 Å². The van der Waals surface area contributed by atoms with Crippen LogP contribution in [0.2, 0.25) is 0 Å². The fraction of sp³-hybridized carbons (Fsp3) is 0. The van der Waals surface area contributed by atoms with Crippen molar-refractivity contribution in [3.05, 3.63) is 261 Å². The highest BCUT2D eigenvalue weighted by Crippen LogP contribution is 2.42. The van der Waals surface area contributed by atoms with Crippen LogP contribution in [-0.2, 0) is 0 Å². The van der Waals surface area contributed by atoms with Gasteiger partial charge in [0.15, 0.2) is 11.6 Å². The van der Waals surface area contributed by atoms with Crippen molar-refractivity contribution in [3.63, 3.8) is 0 Å². The van der Waals surface area contributed by atoms with Crippen molar-refractivity contribution in [2.45, 2.75) is 0 Å². The van der Waals surface area contributed by atoms with Crippen LogP contribution in [0.15, 0.2) is 261 Å². The van der Waals surface area contributed by atoms with Gasteiger partial charge in [-0.05, 0) is 103 Å². The van der Waals surface area contributed by atoms with Gasteiger partial charge in [-0.3, -0.25) is 19.5 Å². The summed E-state index contributed by atoms with van der Waals surface area (Å²) in [5, 5.41) is 4.39. The van der Waals surface area contributed by atoms with Crippen LogP contribution in [0.3, 0.4) is 0 Å². The molecule has 0 unspecified atom stereocenters. The van der Waals surface area contributed by atoms with Gasteiger partial charge in [0, 0.05) is 78.8 Å². The molecule has 0 saturated carbocycles. The summed E-state index contributed by atoms with van der Waals surface area (Å²) in [7, 11) is 0. The normalized spacial score (nSPS) is 11.5. The molecule has 0 N–H and O–H groups in total. The number of para-hydroxylation sites is 2. The molecule has 14 aromatic rings. The van der Waals surface area contributed by atoms with E-state index in [1.165, 1.54) is 0 Å². The molecule has 0 aliphatic heterocycles. The number of pyridine rings is 3. The summed E-state index contributed by atoms with van der Waals surface area (Å²) in [5.41, 5.74) is 15.6. The van der Waals surface area contributed by atoms with Gasteiger partial charge in [-0.2, -0.15) is 9.97 Å². The molecular weight excluding hydrogens is 919 g/mol. The summed E-state index contributed by atoms with van der Waals surface area (Å²) in [6, 6.07) is 84.0. The molecule has 0 spiro atoms. The summed E-state index contributed by atoms with van der Waals surface area (Å²) in [4.78, 5) is 32.5. The van der Waals surface area contributed by atoms with Gasteiger partial charge in [-0.15, -0.1) is 0 Å². The van der Waals surface area contributed by atoms with Gasteiger partial charge in [0.25, 0.3) is 0 Å². The molecule has 0 fully saturated rings. The maximum absolute atomic E-state index is 5.28. The fourth-order valence-corrected chi connectivity index (χ4v) is 10.4. The van der Waals surface area contributed by atoms with Crippen LogP contribution in [0.5, 0.6) is 0 Å². The van der Waals surface area contributed by atoms with Crippen molar-refractivity contribution in [3.8, 4) is 68.2 Å². The van der Waals surface area contributed by atoms with Crippen LogP contribution in [0.1, 0.15) is 0 Å². The van der Waals surface area contributed by atoms with Crippen LogP contribution in [0, 0.1) is 0 Å². The Bertz CT molecular complexity index is 4250. The van der Waals surface area contributed by atoms with Crippen LogP contribution in [0.25, 0.3) is 112 Å². The van der Waals surface area contributed by atoms with E-state index in [0.29, 0.717) is 17.6 Å². The van der Waals surface area contributed by atoms with Crippen molar-refractivity contribution >= 4 is 60.7 Å². The van der Waals surface area contributed by atoms with Crippen LogP contribution >= 0.6 is 0 Å².